The highest BCUT2D eigenvalue weighted by Gasteiger charge is 2.38. The topological polar surface area (TPSA) is 116 Å². The highest BCUT2D eigenvalue weighted by Crippen LogP contribution is 2.34. The molecule has 0 spiro atoms. The van der Waals surface area contributed by atoms with Crippen molar-refractivity contribution >= 4 is 23.8 Å². The highest BCUT2D eigenvalue weighted by molar-refractivity contribution is 6.04. The van der Waals surface area contributed by atoms with Crippen molar-refractivity contribution in [3.63, 3.8) is 0 Å². The summed E-state index contributed by atoms with van der Waals surface area (Å²) in [5.41, 5.74) is -1.87. The van der Waals surface area contributed by atoms with Crippen molar-refractivity contribution in [1.82, 2.24) is 15.5 Å². The third-order valence-corrected chi connectivity index (χ3v) is 3.37. The minimum Gasteiger partial charge on any atom is -0.479 e. The average molecular weight is 359 g/mol. The highest BCUT2D eigenvalue weighted by atomic mass is 19.4. The van der Waals surface area contributed by atoms with Gasteiger partial charge in [-0.15, -0.1) is 0 Å². The predicted octanol–water partition coefficient (Wildman–Crippen LogP) is 0.499. The van der Waals surface area contributed by atoms with E-state index in [0.29, 0.717) is 11.0 Å². The first-order valence-electron chi connectivity index (χ1n) is 6.87. The Morgan fingerprint density at radius 3 is 2.44 bits per heavy atom. The van der Waals surface area contributed by atoms with Gasteiger partial charge in [-0.05, 0) is 11.6 Å². The predicted molar refractivity (Wildman–Crippen MR) is 75.1 cm³/mol. The van der Waals surface area contributed by atoms with E-state index in [-0.39, 0.29) is 6.54 Å². The third kappa shape index (κ3) is 4.05. The summed E-state index contributed by atoms with van der Waals surface area (Å²) in [4.78, 5) is 46.5. The number of nitrogens with zero attached hydrogens (tertiary/aromatic N) is 1. The lowest BCUT2D eigenvalue weighted by Crippen LogP contribution is -2.44. The van der Waals surface area contributed by atoms with Crippen LogP contribution in [0.1, 0.15) is 17.2 Å². The summed E-state index contributed by atoms with van der Waals surface area (Å²) < 4.78 is 39.1. The van der Waals surface area contributed by atoms with Gasteiger partial charge in [0.1, 0.15) is 6.54 Å². The van der Waals surface area contributed by atoms with Gasteiger partial charge in [0, 0.05) is 0 Å². The van der Waals surface area contributed by atoms with Crippen molar-refractivity contribution in [2.45, 2.75) is 12.2 Å². The molecule has 0 bridgehead atoms. The van der Waals surface area contributed by atoms with E-state index < -0.39 is 53.7 Å². The first-order chi connectivity index (χ1) is 11.6. The van der Waals surface area contributed by atoms with Crippen molar-refractivity contribution in [3.8, 4) is 0 Å². The van der Waals surface area contributed by atoms with E-state index >= 15 is 0 Å². The Balaban J connectivity index is 2.23. The lowest BCUT2D eigenvalue weighted by atomic mass is 9.99. The van der Waals surface area contributed by atoms with Gasteiger partial charge in [-0.2, -0.15) is 13.2 Å². The number of amides is 4. The van der Waals surface area contributed by atoms with Crippen LogP contribution < -0.4 is 10.6 Å². The van der Waals surface area contributed by atoms with Crippen molar-refractivity contribution in [2.75, 3.05) is 13.1 Å². The molecule has 1 fully saturated rings. The molecule has 8 nitrogen and oxygen atoms in total. The summed E-state index contributed by atoms with van der Waals surface area (Å²) in [6.45, 7) is -1.12. The van der Waals surface area contributed by atoms with Crippen LogP contribution in [0.25, 0.3) is 0 Å². The second-order valence-corrected chi connectivity index (χ2v) is 5.06. The van der Waals surface area contributed by atoms with E-state index in [1.54, 1.807) is 0 Å². The van der Waals surface area contributed by atoms with Crippen LogP contribution in [0.4, 0.5) is 18.0 Å². The Hall–Kier alpha value is -3.11. The van der Waals surface area contributed by atoms with E-state index in [0.717, 1.165) is 12.1 Å². The van der Waals surface area contributed by atoms with E-state index in [9.17, 15) is 37.5 Å². The van der Waals surface area contributed by atoms with Gasteiger partial charge in [-0.3, -0.25) is 14.5 Å². The number of carboxylic acid groups (broad SMARTS) is 1. The number of nitrogens with one attached hydrogen (secondary N) is 2. The van der Waals surface area contributed by atoms with Crippen molar-refractivity contribution in [2.24, 2.45) is 0 Å². The first kappa shape index (κ1) is 18.2. The van der Waals surface area contributed by atoms with Gasteiger partial charge in [0.15, 0.2) is 6.04 Å². The number of halogens is 3. The van der Waals surface area contributed by atoms with Crippen molar-refractivity contribution < 1.29 is 37.5 Å². The Labute approximate surface area is 138 Å². The fourth-order valence-electron chi connectivity index (χ4n) is 2.24. The molecule has 3 N–H and O–H groups in total. The Kier molecular flexibility index (Phi) is 4.95. The molecular formula is C14H12F3N3O5. The summed E-state index contributed by atoms with van der Waals surface area (Å²) in [5, 5.41) is 13.2. The van der Waals surface area contributed by atoms with Crippen molar-refractivity contribution in [3.05, 3.63) is 35.4 Å². The summed E-state index contributed by atoms with van der Waals surface area (Å²) in [7, 11) is 0. The maximum Gasteiger partial charge on any atom is 0.416 e. The molecule has 1 aliphatic heterocycles. The third-order valence-electron chi connectivity index (χ3n) is 3.37. The Morgan fingerprint density at radius 2 is 1.92 bits per heavy atom. The Morgan fingerprint density at radius 1 is 1.28 bits per heavy atom. The number of hydrogen-bond donors (Lipinski definition) is 3. The van der Waals surface area contributed by atoms with Gasteiger partial charge < -0.3 is 15.7 Å². The molecule has 1 aliphatic rings. The number of imide groups is 1. The quantitative estimate of drug-likeness (QED) is 0.662. The fraction of sp³-hybridized carbons (Fsp3) is 0.286. The number of aliphatic carboxylic acids is 1. The average Bonchev–Trinajstić information content (AvgIpc) is 2.83. The number of benzene rings is 1. The fourth-order valence-corrected chi connectivity index (χ4v) is 2.24. The van der Waals surface area contributed by atoms with Crippen LogP contribution in [0.5, 0.6) is 0 Å². The number of carbonyl (C=O) groups is 4. The standard InChI is InChI=1S/C14H12F3N3O5/c15-14(16,17)8-4-2-1-3-7(8)11(12(23)24)19-9(21)6-20-10(22)5-18-13(20)25/h1-4,11H,5-6H2,(H,18,25)(H,19,21)(H,23,24). The zero-order valence-corrected chi connectivity index (χ0v) is 12.5. The largest absolute Gasteiger partial charge is 0.479 e. The summed E-state index contributed by atoms with van der Waals surface area (Å²) in [6.07, 6.45) is -4.82. The number of hydrogen-bond acceptors (Lipinski definition) is 4. The van der Waals surface area contributed by atoms with Crippen LogP contribution in [0.3, 0.4) is 0 Å². The second-order valence-electron chi connectivity index (χ2n) is 5.06. The molecule has 0 saturated carbocycles. The molecular weight excluding hydrogens is 347 g/mol. The minimum atomic E-state index is -4.82. The second kappa shape index (κ2) is 6.79. The zero-order chi connectivity index (χ0) is 18.8. The monoisotopic (exact) mass is 359 g/mol. The molecule has 1 unspecified atom stereocenters. The number of carboxylic acids is 1. The molecule has 4 amide bonds. The summed E-state index contributed by atoms with van der Waals surface area (Å²) in [6, 6.07) is 1.06. The van der Waals surface area contributed by atoms with Gasteiger partial charge in [-0.1, -0.05) is 18.2 Å². The summed E-state index contributed by atoms with van der Waals surface area (Å²) >= 11 is 0. The minimum absolute atomic E-state index is 0.314. The smallest absolute Gasteiger partial charge is 0.416 e. The maximum atomic E-state index is 13.0. The van der Waals surface area contributed by atoms with E-state index in [2.05, 4.69) is 5.32 Å². The van der Waals surface area contributed by atoms with Crippen LogP contribution >= 0.6 is 0 Å². The molecule has 0 aromatic heterocycles. The molecule has 11 heteroatoms. The number of carbonyl (C=O) groups excluding carboxylic acids is 3. The molecule has 134 valence electrons. The van der Waals surface area contributed by atoms with Crippen LogP contribution in [-0.4, -0.2) is 46.9 Å². The van der Waals surface area contributed by atoms with Gasteiger partial charge in [-0.25, -0.2) is 9.59 Å². The molecule has 1 heterocycles. The van der Waals surface area contributed by atoms with Crippen LogP contribution in [-0.2, 0) is 20.6 Å². The molecule has 1 aromatic rings. The maximum absolute atomic E-state index is 13.0. The van der Waals surface area contributed by atoms with E-state index in [4.69, 9.17) is 0 Å². The van der Waals surface area contributed by atoms with Gasteiger partial charge in [0.05, 0.1) is 12.1 Å². The van der Waals surface area contributed by atoms with Crippen molar-refractivity contribution in [1.29, 1.82) is 0 Å². The lowest BCUT2D eigenvalue weighted by Gasteiger charge is -2.20. The van der Waals surface area contributed by atoms with Crippen LogP contribution in [0.15, 0.2) is 24.3 Å². The van der Waals surface area contributed by atoms with Gasteiger partial charge >= 0.3 is 18.2 Å². The summed E-state index contributed by atoms with van der Waals surface area (Å²) in [5.74, 6) is -3.51. The molecule has 0 radical (unpaired) electrons. The normalized spacial score (nSPS) is 15.7. The lowest BCUT2D eigenvalue weighted by molar-refractivity contribution is -0.144. The molecule has 0 aliphatic carbocycles. The number of rotatable bonds is 5. The van der Waals surface area contributed by atoms with E-state index in [1.165, 1.54) is 6.07 Å². The zero-order valence-electron chi connectivity index (χ0n) is 12.5. The number of alkyl halides is 3. The molecule has 2 rings (SSSR count). The molecule has 1 saturated heterocycles. The molecule has 25 heavy (non-hydrogen) atoms. The molecule has 1 aromatic carbocycles. The SMILES string of the molecule is O=C(CN1C(=O)CNC1=O)NC(C(=O)O)c1ccccc1C(F)(F)F. The van der Waals surface area contributed by atoms with Crippen LogP contribution in [0, 0.1) is 0 Å². The van der Waals surface area contributed by atoms with Gasteiger partial charge in [0.2, 0.25) is 5.91 Å². The van der Waals surface area contributed by atoms with E-state index in [1.807, 2.05) is 5.32 Å². The van der Waals surface area contributed by atoms with Gasteiger partial charge in [0.25, 0.3) is 5.91 Å². The number of urea groups is 1. The first-order valence-corrected chi connectivity index (χ1v) is 6.87. The molecule has 1 atom stereocenters. The Bertz CT molecular complexity index is 719. The van der Waals surface area contributed by atoms with Crippen LogP contribution in [0.2, 0.25) is 0 Å².